The summed E-state index contributed by atoms with van der Waals surface area (Å²) >= 11 is 11.7. The number of sulfonamides is 1. The van der Waals surface area contributed by atoms with Crippen molar-refractivity contribution in [2.24, 2.45) is 0 Å². The lowest BCUT2D eigenvalue weighted by Crippen LogP contribution is -2.45. The largest absolute Gasteiger partial charge is 0.416 e. The second-order valence-electron chi connectivity index (χ2n) is 5.89. The van der Waals surface area contributed by atoms with E-state index in [-0.39, 0.29) is 16.4 Å². The standard InChI is InChI=1S/C17H15Cl2F3N2O3S/c1-10(24(28(2,26)27)13-6-4-12(18)5-7-13)16(25)23-15-9-11(17(20,21)22)3-8-14(15)19/h3-10H,1-2H3,(H,23,25)/t10-/m0/s1. The van der Waals surface area contributed by atoms with Crippen molar-refractivity contribution in [1.82, 2.24) is 0 Å². The van der Waals surface area contributed by atoms with E-state index in [2.05, 4.69) is 5.32 Å². The molecular formula is C17H15Cl2F3N2O3S. The Morgan fingerprint density at radius 1 is 1.11 bits per heavy atom. The van der Waals surface area contributed by atoms with E-state index in [1.54, 1.807) is 0 Å². The molecule has 0 spiro atoms. The van der Waals surface area contributed by atoms with Crippen molar-refractivity contribution in [1.29, 1.82) is 0 Å². The number of hydrogen-bond donors (Lipinski definition) is 1. The summed E-state index contributed by atoms with van der Waals surface area (Å²) in [5.74, 6) is -0.860. The monoisotopic (exact) mass is 454 g/mol. The number of halogens is 5. The third kappa shape index (κ3) is 5.30. The summed E-state index contributed by atoms with van der Waals surface area (Å²) in [4.78, 5) is 12.6. The van der Waals surface area contributed by atoms with Gasteiger partial charge in [-0.15, -0.1) is 0 Å². The highest BCUT2D eigenvalue weighted by atomic mass is 35.5. The fourth-order valence-electron chi connectivity index (χ4n) is 2.43. The number of alkyl halides is 3. The summed E-state index contributed by atoms with van der Waals surface area (Å²) < 4.78 is 63.9. The van der Waals surface area contributed by atoms with E-state index in [1.807, 2.05) is 0 Å². The maximum absolute atomic E-state index is 12.9. The number of nitrogens with one attached hydrogen (secondary N) is 1. The van der Waals surface area contributed by atoms with Crippen molar-refractivity contribution >= 4 is 50.5 Å². The van der Waals surface area contributed by atoms with Crippen molar-refractivity contribution in [3.8, 4) is 0 Å². The SMILES string of the molecule is C[C@@H](C(=O)Nc1cc(C(F)(F)F)ccc1Cl)N(c1ccc(Cl)cc1)S(C)(=O)=O. The van der Waals surface area contributed by atoms with Gasteiger partial charge < -0.3 is 5.32 Å². The minimum Gasteiger partial charge on any atom is -0.323 e. The van der Waals surface area contributed by atoms with Crippen molar-refractivity contribution in [3.63, 3.8) is 0 Å². The number of anilines is 2. The number of nitrogens with zero attached hydrogens (tertiary/aromatic N) is 1. The van der Waals surface area contributed by atoms with Gasteiger partial charge in [0.25, 0.3) is 0 Å². The number of rotatable bonds is 5. The van der Waals surface area contributed by atoms with E-state index in [0.717, 1.165) is 22.7 Å². The molecule has 0 unspecified atom stereocenters. The zero-order valence-corrected chi connectivity index (χ0v) is 16.9. The van der Waals surface area contributed by atoms with E-state index in [4.69, 9.17) is 23.2 Å². The van der Waals surface area contributed by atoms with Gasteiger partial charge in [0.05, 0.1) is 28.2 Å². The van der Waals surface area contributed by atoms with E-state index < -0.39 is 33.7 Å². The van der Waals surface area contributed by atoms with Crippen molar-refractivity contribution in [2.45, 2.75) is 19.1 Å². The predicted octanol–water partition coefficient (Wildman–Crippen LogP) is 4.81. The summed E-state index contributed by atoms with van der Waals surface area (Å²) in [7, 11) is -3.89. The molecule has 0 saturated carbocycles. The Bertz CT molecular complexity index is 980. The summed E-state index contributed by atoms with van der Waals surface area (Å²) in [6.45, 7) is 1.30. The van der Waals surface area contributed by atoms with Gasteiger partial charge in [-0.25, -0.2) is 8.42 Å². The van der Waals surface area contributed by atoms with Crippen molar-refractivity contribution < 1.29 is 26.4 Å². The molecule has 2 aromatic rings. The molecule has 0 radical (unpaired) electrons. The van der Waals surface area contributed by atoms with Crippen molar-refractivity contribution in [3.05, 3.63) is 58.1 Å². The zero-order chi connectivity index (χ0) is 21.3. The normalized spacial score (nSPS) is 13.1. The Kier molecular flexibility index (Phi) is 6.52. The van der Waals surface area contributed by atoms with Crippen molar-refractivity contribution in [2.75, 3.05) is 15.9 Å². The Balaban J connectivity index is 2.35. The molecule has 0 aromatic heterocycles. The van der Waals surface area contributed by atoms with Crippen LogP contribution in [-0.4, -0.2) is 26.6 Å². The Morgan fingerprint density at radius 2 is 1.68 bits per heavy atom. The lowest BCUT2D eigenvalue weighted by atomic mass is 10.2. The quantitative estimate of drug-likeness (QED) is 0.704. The van der Waals surface area contributed by atoms with E-state index >= 15 is 0 Å². The van der Waals surface area contributed by atoms with Crippen LogP contribution in [0, 0.1) is 0 Å². The average molecular weight is 455 g/mol. The van der Waals surface area contributed by atoms with Gasteiger partial charge >= 0.3 is 6.18 Å². The van der Waals surface area contributed by atoms with Crippen LogP contribution in [0.3, 0.4) is 0 Å². The lowest BCUT2D eigenvalue weighted by Gasteiger charge is -2.28. The smallest absolute Gasteiger partial charge is 0.323 e. The van der Waals surface area contributed by atoms with Crippen LogP contribution < -0.4 is 9.62 Å². The minimum atomic E-state index is -4.63. The van der Waals surface area contributed by atoms with Crippen LogP contribution in [0.25, 0.3) is 0 Å². The summed E-state index contributed by atoms with van der Waals surface area (Å²) in [5, 5.41) is 2.50. The van der Waals surface area contributed by atoms with Crippen LogP contribution in [0.1, 0.15) is 12.5 Å². The fourth-order valence-corrected chi connectivity index (χ4v) is 3.90. The first-order valence-corrected chi connectivity index (χ1v) is 10.3. The second-order valence-corrected chi connectivity index (χ2v) is 8.60. The van der Waals surface area contributed by atoms with Crippen LogP contribution in [0.5, 0.6) is 0 Å². The average Bonchev–Trinajstić information content (AvgIpc) is 2.56. The van der Waals surface area contributed by atoms with Crippen LogP contribution in [0.2, 0.25) is 10.0 Å². The number of carbonyl (C=O) groups excluding carboxylic acids is 1. The predicted molar refractivity (Wildman–Crippen MR) is 103 cm³/mol. The molecule has 1 amide bonds. The number of benzene rings is 2. The number of amides is 1. The summed E-state index contributed by atoms with van der Waals surface area (Å²) in [6, 6.07) is 6.89. The Hall–Kier alpha value is -1.97. The first-order chi connectivity index (χ1) is 12.8. The van der Waals surface area contributed by atoms with Gasteiger partial charge in [-0.1, -0.05) is 23.2 Å². The summed E-state index contributed by atoms with van der Waals surface area (Å²) in [6.07, 6.45) is -3.72. The topological polar surface area (TPSA) is 66.5 Å². The van der Waals surface area contributed by atoms with Gasteiger partial charge in [0.1, 0.15) is 6.04 Å². The van der Waals surface area contributed by atoms with E-state index in [9.17, 15) is 26.4 Å². The molecule has 11 heteroatoms. The second kappa shape index (κ2) is 8.18. The Labute approximate surface area is 170 Å². The molecule has 0 aliphatic rings. The molecule has 28 heavy (non-hydrogen) atoms. The third-order valence-electron chi connectivity index (χ3n) is 3.72. The highest BCUT2D eigenvalue weighted by Gasteiger charge is 2.32. The summed E-state index contributed by atoms with van der Waals surface area (Å²) in [5.41, 5.74) is -1.11. The van der Waals surface area contributed by atoms with Gasteiger partial charge in [-0.3, -0.25) is 9.10 Å². The van der Waals surface area contributed by atoms with Crippen LogP contribution in [-0.2, 0) is 21.0 Å². The number of carbonyl (C=O) groups is 1. The first-order valence-electron chi connectivity index (χ1n) is 7.73. The molecule has 2 aromatic carbocycles. The molecule has 0 heterocycles. The highest BCUT2D eigenvalue weighted by Crippen LogP contribution is 2.34. The molecular weight excluding hydrogens is 440 g/mol. The molecule has 2 rings (SSSR count). The van der Waals surface area contributed by atoms with Gasteiger partial charge in [0.15, 0.2) is 0 Å². The maximum Gasteiger partial charge on any atom is 0.416 e. The molecule has 5 nitrogen and oxygen atoms in total. The highest BCUT2D eigenvalue weighted by molar-refractivity contribution is 7.92. The molecule has 0 aliphatic heterocycles. The van der Waals surface area contributed by atoms with Gasteiger partial charge in [0, 0.05) is 5.02 Å². The van der Waals surface area contributed by atoms with Gasteiger partial charge in [-0.2, -0.15) is 13.2 Å². The number of hydrogen-bond acceptors (Lipinski definition) is 3. The maximum atomic E-state index is 12.9. The molecule has 0 bridgehead atoms. The van der Waals surface area contributed by atoms with Gasteiger partial charge in [0.2, 0.25) is 15.9 Å². The fraction of sp³-hybridized carbons (Fsp3) is 0.235. The molecule has 1 atom stereocenters. The van der Waals surface area contributed by atoms with Crippen LogP contribution in [0.4, 0.5) is 24.5 Å². The Morgan fingerprint density at radius 3 is 2.18 bits per heavy atom. The molecule has 0 aliphatic carbocycles. The lowest BCUT2D eigenvalue weighted by molar-refractivity contribution is -0.137. The van der Waals surface area contributed by atoms with Crippen LogP contribution >= 0.6 is 23.2 Å². The molecule has 1 N–H and O–H groups in total. The molecule has 152 valence electrons. The molecule has 0 fully saturated rings. The third-order valence-corrected chi connectivity index (χ3v) is 5.54. The van der Waals surface area contributed by atoms with Gasteiger partial charge in [-0.05, 0) is 49.4 Å². The van der Waals surface area contributed by atoms with Crippen LogP contribution in [0.15, 0.2) is 42.5 Å². The molecule has 0 saturated heterocycles. The van der Waals surface area contributed by atoms with E-state index in [0.29, 0.717) is 11.1 Å². The minimum absolute atomic E-state index is 0.119. The first kappa shape index (κ1) is 22.3. The zero-order valence-electron chi connectivity index (χ0n) is 14.6. The van der Waals surface area contributed by atoms with E-state index in [1.165, 1.54) is 31.2 Å².